The number of aliphatic hydroxyl groups is 1. The minimum absolute atomic E-state index is 0.211. The molecular weight excluding hydrogens is 550 g/mol. The molecular formula is C33H47N3O5S. The average Bonchev–Trinajstić information content (AvgIpc) is 3.56. The number of thioether (sulfide) groups is 1. The zero-order valence-corrected chi connectivity index (χ0v) is 26.4. The molecule has 4 rings (SSSR count). The molecule has 1 aromatic carbocycles. The summed E-state index contributed by atoms with van der Waals surface area (Å²) in [7, 11) is 0. The highest BCUT2D eigenvalue weighted by atomic mass is 32.2. The Labute approximate surface area is 255 Å². The lowest BCUT2D eigenvalue weighted by atomic mass is 9.66. The van der Waals surface area contributed by atoms with Crippen molar-refractivity contribution >= 4 is 40.9 Å². The average molecular weight is 598 g/mol. The minimum Gasteiger partial charge on any atom is -0.465 e. The number of likely N-dealkylation sites (tertiary alicyclic amines) is 1. The Kier molecular flexibility index (Phi) is 10.1. The monoisotopic (exact) mass is 597 g/mol. The SMILES string of the molecule is C=CCCCCOC(=O)[C@H]1[C@H]2C(=O)N([C@H](C)CO)C(C(=O)N(CC=C)c3ccc(N(CC)CC)cc3)C23CC[C@]1(C)S3. The van der Waals surface area contributed by atoms with Crippen molar-refractivity contribution in [2.75, 3.05) is 42.6 Å². The molecule has 3 heterocycles. The molecule has 3 fully saturated rings. The van der Waals surface area contributed by atoms with E-state index in [1.807, 2.05) is 37.3 Å². The fourth-order valence-electron chi connectivity index (χ4n) is 7.25. The summed E-state index contributed by atoms with van der Waals surface area (Å²) in [4.78, 5) is 48.0. The van der Waals surface area contributed by atoms with E-state index in [4.69, 9.17) is 4.74 Å². The van der Waals surface area contributed by atoms with Crippen molar-refractivity contribution in [2.45, 2.75) is 81.4 Å². The van der Waals surface area contributed by atoms with E-state index in [-0.39, 0.29) is 30.9 Å². The molecule has 2 unspecified atom stereocenters. The maximum absolute atomic E-state index is 14.7. The lowest BCUT2D eigenvalue weighted by Crippen LogP contribution is -2.57. The lowest BCUT2D eigenvalue weighted by Gasteiger charge is -2.39. The van der Waals surface area contributed by atoms with Gasteiger partial charge in [0.05, 0.1) is 35.8 Å². The van der Waals surface area contributed by atoms with Crippen molar-refractivity contribution in [1.82, 2.24) is 4.90 Å². The number of aliphatic hydroxyl groups excluding tert-OH is 1. The number of carbonyl (C=O) groups is 3. The molecule has 3 aliphatic heterocycles. The first kappa shape index (κ1) is 32.1. The number of fused-ring (bicyclic) bond motifs is 1. The highest BCUT2D eigenvalue weighted by Gasteiger charge is 2.78. The highest BCUT2D eigenvalue weighted by molar-refractivity contribution is 8.02. The van der Waals surface area contributed by atoms with Crippen LogP contribution in [0.15, 0.2) is 49.6 Å². The number of nitrogens with zero attached hydrogens (tertiary/aromatic N) is 3. The number of esters is 1. The third-order valence-electron chi connectivity index (χ3n) is 9.36. The summed E-state index contributed by atoms with van der Waals surface area (Å²) < 4.78 is 4.47. The Morgan fingerprint density at radius 3 is 2.40 bits per heavy atom. The van der Waals surface area contributed by atoms with Crippen LogP contribution in [0.5, 0.6) is 0 Å². The number of hydrogen-bond donors (Lipinski definition) is 1. The molecule has 1 aromatic rings. The number of hydrogen-bond acceptors (Lipinski definition) is 7. The normalized spacial score (nSPS) is 28.4. The van der Waals surface area contributed by atoms with Crippen molar-refractivity contribution in [3.63, 3.8) is 0 Å². The predicted octanol–water partition coefficient (Wildman–Crippen LogP) is 4.81. The van der Waals surface area contributed by atoms with E-state index in [1.54, 1.807) is 34.6 Å². The van der Waals surface area contributed by atoms with Crippen LogP contribution in [0.1, 0.15) is 59.8 Å². The maximum Gasteiger partial charge on any atom is 0.311 e. The summed E-state index contributed by atoms with van der Waals surface area (Å²) in [6.07, 6.45) is 7.36. The number of benzene rings is 1. The topological polar surface area (TPSA) is 90.4 Å². The van der Waals surface area contributed by atoms with E-state index in [1.165, 1.54) is 0 Å². The molecule has 42 heavy (non-hydrogen) atoms. The number of rotatable bonds is 15. The molecule has 2 bridgehead atoms. The minimum atomic E-state index is -0.822. The van der Waals surface area contributed by atoms with Gasteiger partial charge in [0.25, 0.3) is 5.91 Å². The molecule has 2 amide bonds. The molecule has 9 heteroatoms. The van der Waals surface area contributed by atoms with Crippen LogP contribution < -0.4 is 9.80 Å². The van der Waals surface area contributed by atoms with Gasteiger partial charge in [-0.05, 0) is 84.1 Å². The first-order valence-corrected chi connectivity index (χ1v) is 16.1. The van der Waals surface area contributed by atoms with Crippen LogP contribution in [0, 0.1) is 11.8 Å². The van der Waals surface area contributed by atoms with Crippen LogP contribution in [-0.2, 0) is 19.1 Å². The number of unbranched alkanes of at least 4 members (excludes halogenated alkanes) is 2. The van der Waals surface area contributed by atoms with Gasteiger partial charge in [0.2, 0.25) is 5.91 Å². The smallest absolute Gasteiger partial charge is 0.311 e. The van der Waals surface area contributed by atoms with Gasteiger partial charge in [0.15, 0.2) is 0 Å². The number of ether oxygens (including phenoxy) is 1. The van der Waals surface area contributed by atoms with Crippen LogP contribution in [0.3, 0.4) is 0 Å². The van der Waals surface area contributed by atoms with Crippen molar-refractivity contribution in [3.8, 4) is 0 Å². The van der Waals surface area contributed by atoms with Crippen LogP contribution in [0.25, 0.3) is 0 Å². The number of anilines is 2. The molecule has 0 saturated carbocycles. The molecule has 0 aliphatic carbocycles. The molecule has 1 N–H and O–H groups in total. The van der Waals surface area contributed by atoms with Gasteiger partial charge in [0, 0.05) is 35.8 Å². The number of carbonyl (C=O) groups excluding carboxylic acids is 3. The van der Waals surface area contributed by atoms with Crippen molar-refractivity contribution in [2.24, 2.45) is 11.8 Å². The van der Waals surface area contributed by atoms with Gasteiger partial charge in [-0.3, -0.25) is 14.4 Å². The summed E-state index contributed by atoms with van der Waals surface area (Å²) in [6.45, 7) is 17.7. The molecule has 3 aliphatic rings. The van der Waals surface area contributed by atoms with Gasteiger partial charge in [0.1, 0.15) is 6.04 Å². The van der Waals surface area contributed by atoms with E-state index >= 15 is 0 Å². The number of amides is 2. The molecule has 0 aromatic heterocycles. The fraction of sp³-hybridized carbons (Fsp3) is 0.606. The van der Waals surface area contributed by atoms with E-state index in [0.717, 1.165) is 43.7 Å². The Morgan fingerprint density at radius 2 is 1.81 bits per heavy atom. The second kappa shape index (κ2) is 13.2. The largest absolute Gasteiger partial charge is 0.465 e. The standard InChI is InChI=1S/C33H47N3O5S/c1-7-11-12-13-21-41-31(40)27-26-29(38)36(23(5)22-37)28(33(26)19-18-32(27,6)42-33)30(39)35(20-8-2)25-16-14-24(15-17-25)34(9-3)10-4/h7-8,14-17,23,26-28,37H,1-2,9-13,18-22H2,3-6H3/t23-,26+,27-,28?,32+,33?/m1/s1. The summed E-state index contributed by atoms with van der Waals surface area (Å²) in [6, 6.07) is 6.50. The van der Waals surface area contributed by atoms with Gasteiger partial charge in [-0.15, -0.1) is 24.9 Å². The third-order valence-corrected chi connectivity index (χ3v) is 11.3. The third kappa shape index (κ3) is 5.50. The maximum atomic E-state index is 14.7. The van der Waals surface area contributed by atoms with E-state index in [0.29, 0.717) is 19.4 Å². The second-order valence-electron chi connectivity index (χ2n) is 11.9. The van der Waals surface area contributed by atoms with Crippen LogP contribution in [0.2, 0.25) is 0 Å². The van der Waals surface area contributed by atoms with Crippen molar-refractivity contribution in [3.05, 3.63) is 49.6 Å². The quantitative estimate of drug-likeness (QED) is 0.176. The first-order chi connectivity index (χ1) is 20.1. The molecule has 8 nitrogen and oxygen atoms in total. The Balaban J connectivity index is 1.69. The summed E-state index contributed by atoms with van der Waals surface area (Å²) in [5, 5.41) is 10.2. The highest BCUT2D eigenvalue weighted by Crippen LogP contribution is 2.71. The lowest BCUT2D eigenvalue weighted by molar-refractivity contribution is -0.156. The number of allylic oxidation sites excluding steroid dienone is 1. The first-order valence-electron chi connectivity index (χ1n) is 15.3. The van der Waals surface area contributed by atoms with Gasteiger partial charge < -0.3 is 24.5 Å². The molecule has 1 spiro atoms. The van der Waals surface area contributed by atoms with E-state index in [9.17, 15) is 19.5 Å². The molecule has 0 radical (unpaired) electrons. The molecule has 3 saturated heterocycles. The van der Waals surface area contributed by atoms with E-state index in [2.05, 4.69) is 31.9 Å². The molecule has 6 atom stereocenters. The van der Waals surface area contributed by atoms with Crippen molar-refractivity contribution < 1.29 is 24.2 Å². The van der Waals surface area contributed by atoms with Gasteiger partial charge >= 0.3 is 5.97 Å². The Hall–Kier alpha value is -2.78. The predicted molar refractivity (Wildman–Crippen MR) is 170 cm³/mol. The second-order valence-corrected chi connectivity index (χ2v) is 13.8. The van der Waals surface area contributed by atoms with Gasteiger partial charge in [-0.1, -0.05) is 12.2 Å². The van der Waals surface area contributed by atoms with E-state index < -0.39 is 33.4 Å². The van der Waals surface area contributed by atoms with Crippen LogP contribution in [-0.4, -0.2) is 82.2 Å². The Bertz CT molecular complexity index is 1170. The van der Waals surface area contributed by atoms with Gasteiger partial charge in [-0.2, -0.15) is 0 Å². The van der Waals surface area contributed by atoms with Crippen molar-refractivity contribution in [1.29, 1.82) is 0 Å². The van der Waals surface area contributed by atoms with Crippen LogP contribution in [0.4, 0.5) is 11.4 Å². The zero-order chi connectivity index (χ0) is 30.7. The van der Waals surface area contributed by atoms with Crippen LogP contribution >= 0.6 is 11.8 Å². The summed E-state index contributed by atoms with van der Waals surface area (Å²) in [5.74, 6) is -2.13. The van der Waals surface area contributed by atoms with Gasteiger partial charge in [-0.25, -0.2) is 0 Å². The summed E-state index contributed by atoms with van der Waals surface area (Å²) in [5.41, 5.74) is 1.79. The summed E-state index contributed by atoms with van der Waals surface area (Å²) >= 11 is 1.61. The fourth-order valence-corrected chi connectivity index (χ4v) is 9.57. The molecule has 230 valence electrons. The Morgan fingerprint density at radius 1 is 1.14 bits per heavy atom. The zero-order valence-electron chi connectivity index (χ0n) is 25.6.